The van der Waals surface area contributed by atoms with Crippen molar-refractivity contribution >= 4 is 23.3 Å². The molecule has 0 radical (unpaired) electrons. The van der Waals surface area contributed by atoms with Crippen LogP contribution in [-0.2, 0) is 16.1 Å². The highest BCUT2D eigenvalue weighted by molar-refractivity contribution is 6.00. The summed E-state index contributed by atoms with van der Waals surface area (Å²) in [6.45, 7) is 2.98. The molecule has 8 nitrogen and oxygen atoms in total. The van der Waals surface area contributed by atoms with Crippen molar-refractivity contribution in [3.05, 3.63) is 48.3 Å². The Balaban J connectivity index is 1.74. The molecule has 1 aliphatic rings. The Morgan fingerprint density at radius 3 is 2.93 bits per heavy atom. The van der Waals surface area contributed by atoms with Gasteiger partial charge in [0.2, 0.25) is 0 Å². The fourth-order valence-corrected chi connectivity index (χ4v) is 2.96. The van der Waals surface area contributed by atoms with E-state index in [9.17, 15) is 9.59 Å². The number of hydrogen-bond donors (Lipinski definition) is 1. The summed E-state index contributed by atoms with van der Waals surface area (Å²) < 4.78 is 10.8. The summed E-state index contributed by atoms with van der Waals surface area (Å²) in [7, 11) is 3.30. The van der Waals surface area contributed by atoms with E-state index in [-0.39, 0.29) is 11.9 Å². The lowest BCUT2D eigenvalue weighted by Gasteiger charge is -2.30. The number of nitrogens with zero attached hydrogens (tertiary/aromatic N) is 3. The molecule has 0 unspecified atom stereocenters. The SMILES string of the molecule is COCCN(Cc1cccnc1)C(=O)Nc1ccc2c(c1)O[C@H](C)C(=O)N2C. The highest BCUT2D eigenvalue weighted by Gasteiger charge is 2.29. The molecule has 1 aliphatic heterocycles. The summed E-state index contributed by atoms with van der Waals surface area (Å²) in [4.78, 5) is 32.1. The summed E-state index contributed by atoms with van der Waals surface area (Å²) in [5, 5.41) is 2.89. The predicted octanol–water partition coefficient (Wildman–Crippen LogP) is 2.51. The molecule has 0 spiro atoms. The molecule has 0 saturated heterocycles. The van der Waals surface area contributed by atoms with Crippen molar-refractivity contribution in [1.29, 1.82) is 0 Å². The number of carbonyl (C=O) groups excluding carboxylic acids is 2. The largest absolute Gasteiger partial charge is 0.479 e. The topological polar surface area (TPSA) is 84.0 Å². The molecule has 0 aliphatic carbocycles. The third-order valence-corrected chi connectivity index (χ3v) is 4.50. The van der Waals surface area contributed by atoms with E-state index >= 15 is 0 Å². The standard InChI is InChI=1S/C20H24N4O4/c1-14-19(25)23(2)17-7-6-16(11-18(17)28-14)22-20(26)24(9-10-27-3)13-15-5-4-8-21-12-15/h4-8,11-12,14H,9-10,13H2,1-3H3,(H,22,26)/t14-/m1/s1. The molecule has 8 heteroatoms. The first-order chi connectivity index (χ1) is 13.5. The van der Waals surface area contributed by atoms with Gasteiger partial charge in [0.05, 0.1) is 12.3 Å². The molecule has 2 heterocycles. The number of methoxy groups -OCH3 is 1. The van der Waals surface area contributed by atoms with Crippen LogP contribution in [0, 0.1) is 0 Å². The molecule has 0 fully saturated rings. The average Bonchev–Trinajstić information content (AvgIpc) is 2.70. The summed E-state index contributed by atoms with van der Waals surface area (Å²) in [5.41, 5.74) is 2.19. The predicted molar refractivity (Wildman–Crippen MR) is 105 cm³/mol. The van der Waals surface area contributed by atoms with Crippen LogP contribution in [-0.4, -0.2) is 55.2 Å². The van der Waals surface area contributed by atoms with Gasteiger partial charge in [0.1, 0.15) is 5.75 Å². The van der Waals surface area contributed by atoms with Crippen molar-refractivity contribution in [1.82, 2.24) is 9.88 Å². The van der Waals surface area contributed by atoms with Gasteiger partial charge in [-0.1, -0.05) is 6.07 Å². The maximum atomic E-state index is 12.8. The van der Waals surface area contributed by atoms with Crippen LogP contribution in [0.4, 0.5) is 16.2 Å². The van der Waals surface area contributed by atoms with Crippen LogP contribution in [0.2, 0.25) is 0 Å². The molecule has 3 rings (SSSR count). The zero-order valence-electron chi connectivity index (χ0n) is 16.2. The molecule has 0 saturated carbocycles. The molecule has 28 heavy (non-hydrogen) atoms. The Morgan fingerprint density at radius 2 is 2.21 bits per heavy atom. The third kappa shape index (κ3) is 4.40. The number of anilines is 2. The van der Waals surface area contributed by atoms with E-state index in [1.165, 1.54) is 0 Å². The van der Waals surface area contributed by atoms with Crippen molar-refractivity contribution in [3.63, 3.8) is 0 Å². The summed E-state index contributed by atoms with van der Waals surface area (Å²) in [6, 6.07) is 8.73. The minimum atomic E-state index is -0.563. The highest BCUT2D eigenvalue weighted by atomic mass is 16.5. The third-order valence-electron chi connectivity index (χ3n) is 4.50. The van der Waals surface area contributed by atoms with Crippen LogP contribution in [0.3, 0.4) is 0 Å². The van der Waals surface area contributed by atoms with Gasteiger partial charge in [-0.2, -0.15) is 0 Å². The lowest BCUT2D eigenvalue weighted by Crippen LogP contribution is -2.42. The highest BCUT2D eigenvalue weighted by Crippen LogP contribution is 2.35. The van der Waals surface area contributed by atoms with Crippen LogP contribution in [0.5, 0.6) is 5.75 Å². The minimum Gasteiger partial charge on any atom is -0.479 e. The molecule has 2 aromatic rings. The number of pyridine rings is 1. The van der Waals surface area contributed by atoms with E-state index in [1.54, 1.807) is 61.5 Å². The number of urea groups is 1. The van der Waals surface area contributed by atoms with Gasteiger partial charge in [-0.3, -0.25) is 9.78 Å². The zero-order chi connectivity index (χ0) is 20.1. The van der Waals surface area contributed by atoms with E-state index in [4.69, 9.17) is 9.47 Å². The zero-order valence-corrected chi connectivity index (χ0v) is 16.2. The molecule has 1 aromatic heterocycles. The van der Waals surface area contributed by atoms with E-state index < -0.39 is 6.10 Å². The fraction of sp³-hybridized carbons (Fsp3) is 0.350. The molecular weight excluding hydrogens is 360 g/mol. The Labute approximate surface area is 164 Å². The van der Waals surface area contributed by atoms with E-state index in [0.29, 0.717) is 36.8 Å². The normalized spacial score (nSPS) is 15.6. The van der Waals surface area contributed by atoms with Crippen LogP contribution in [0.1, 0.15) is 12.5 Å². The number of benzene rings is 1. The number of rotatable bonds is 6. The molecule has 0 bridgehead atoms. The first-order valence-electron chi connectivity index (χ1n) is 9.01. The molecule has 1 aromatic carbocycles. The van der Waals surface area contributed by atoms with Gasteiger partial charge in [0.15, 0.2) is 6.10 Å². The molecule has 3 amide bonds. The monoisotopic (exact) mass is 384 g/mol. The lowest BCUT2D eigenvalue weighted by atomic mass is 10.2. The maximum Gasteiger partial charge on any atom is 0.322 e. The number of carbonyl (C=O) groups is 2. The van der Waals surface area contributed by atoms with Crippen LogP contribution >= 0.6 is 0 Å². The lowest BCUT2D eigenvalue weighted by molar-refractivity contribution is -0.125. The molecular formula is C20H24N4O4. The number of hydrogen-bond acceptors (Lipinski definition) is 5. The summed E-state index contributed by atoms with van der Waals surface area (Å²) in [5.74, 6) is 0.453. The van der Waals surface area contributed by atoms with Gasteiger partial charge < -0.3 is 24.6 Å². The quantitative estimate of drug-likeness (QED) is 0.827. The average molecular weight is 384 g/mol. The smallest absolute Gasteiger partial charge is 0.322 e. The van der Waals surface area contributed by atoms with Crippen LogP contribution in [0.15, 0.2) is 42.7 Å². The minimum absolute atomic E-state index is 0.105. The Morgan fingerprint density at radius 1 is 1.39 bits per heavy atom. The Hall–Kier alpha value is -3.13. The van der Waals surface area contributed by atoms with Crippen LogP contribution in [0.25, 0.3) is 0 Å². The number of ether oxygens (including phenoxy) is 2. The maximum absolute atomic E-state index is 12.8. The van der Waals surface area contributed by atoms with Gasteiger partial charge in [-0.25, -0.2) is 4.79 Å². The van der Waals surface area contributed by atoms with Crippen molar-refractivity contribution in [2.45, 2.75) is 19.6 Å². The summed E-state index contributed by atoms with van der Waals surface area (Å²) >= 11 is 0. The summed E-state index contributed by atoms with van der Waals surface area (Å²) in [6.07, 6.45) is 2.86. The number of nitrogens with one attached hydrogen (secondary N) is 1. The van der Waals surface area contributed by atoms with E-state index in [2.05, 4.69) is 10.3 Å². The van der Waals surface area contributed by atoms with E-state index in [0.717, 1.165) is 5.56 Å². The van der Waals surface area contributed by atoms with Gasteiger partial charge in [-0.15, -0.1) is 0 Å². The first kappa shape index (κ1) is 19.6. The Kier molecular flexibility index (Phi) is 6.10. The molecule has 1 N–H and O–H groups in total. The second-order valence-electron chi connectivity index (χ2n) is 6.55. The Bertz CT molecular complexity index is 843. The van der Waals surface area contributed by atoms with Crippen LogP contribution < -0.4 is 15.0 Å². The van der Waals surface area contributed by atoms with Gasteiger partial charge >= 0.3 is 6.03 Å². The number of amides is 3. The van der Waals surface area contributed by atoms with Gasteiger partial charge in [0.25, 0.3) is 5.91 Å². The van der Waals surface area contributed by atoms with Crippen molar-refractivity contribution in [2.75, 3.05) is 37.5 Å². The number of fused-ring (bicyclic) bond motifs is 1. The van der Waals surface area contributed by atoms with Crippen molar-refractivity contribution in [2.24, 2.45) is 0 Å². The number of aromatic nitrogens is 1. The van der Waals surface area contributed by atoms with Gasteiger partial charge in [0, 0.05) is 51.4 Å². The second-order valence-corrected chi connectivity index (χ2v) is 6.55. The van der Waals surface area contributed by atoms with Crippen molar-refractivity contribution < 1.29 is 19.1 Å². The van der Waals surface area contributed by atoms with E-state index in [1.807, 2.05) is 12.1 Å². The second kappa shape index (κ2) is 8.71. The van der Waals surface area contributed by atoms with Crippen molar-refractivity contribution in [3.8, 4) is 5.75 Å². The molecule has 148 valence electrons. The first-order valence-corrected chi connectivity index (χ1v) is 9.01. The fourth-order valence-electron chi connectivity index (χ4n) is 2.96. The number of likely N-dealkylation sites (N-methyl/N-ethyl adjacent to an activating group) is 1. The molecule has 1 atom stereocenters. The van der Waals surface area contributed by atoms with Gasteiger partial charge in [-0.05, 0) is 30.7 Å².